The molecule has 2 aromatic rings. The first kappa shape index (κ1) is 36.0. The smallest absolute Gasteiger partial charge is 0.347 e. The van der Waals surface area contributed by atoms with E-state index >= 15 is 0 Å². The second-order valence-electron chi connectivity index (χ2n) is 11.3. The van der Waals surface area contributed by atoms with Crippen molar-refractivity contribution in [2.45, 2.75) is 65.6 Å². The Hall–Kier alpha value is -4.03. The van der Waals surface area contributed by atoms with E-state index in [4.69, 9.17) is 24.8 Å². The van der Waals surface area contributed by atoms with Gasteiger partial charge < -0.3 is 49.4 Å². The minimum absolute atomic E-state index is 0.220. The summed E-state index contributed by atoms with van der Waals surface area (Å²) in [5.41, 5.74) is 2.33. The summed E-state index contributed by atoms with van der Waals surface area (Å²) in [5.74, 6) is -2.34. The predicted molar refractivity (Wildman–Crippen MR) is 152 cm³/mol. The van der Waals surface area contributed by atoms with Crippen molar-refractivity contribution < 1.29 is 59.0 Å². The Balaban J connectivity index is 0.000000328. The number of carbonyl (C=O) groups excluding carboxylic acids is 2. The summed E-state index contributed by atoms with van der Waals surface area (Å²) in [6.45, 7) is 9.49. The minimum atomic E-state index is -1.20. The Morgan fingerprint density at radius 3 is 2.12 bits per heavy atom. The zero-order valence-corrected chi connectivity index (χ0v) is 25.5. The fraction of sp³-hybridized carbons (Fsp3) is 0.500. The highest BCUT2D eigenvalue weighted by Crippen LogP contribution is 2.43. The molecule has 0 aliphatic carbocycles. The number of quaternary nitrogens is 1. The number of esters is 1. The molecule has 5 N–H and O–H groups in total. The third-order valence-corrected chi connectivity index (χ3v) is 6.62. The summed E-state index contributed by atoms with van der Waals surface area (Å²) >= 11 is 0. The zero-order valence-electron chi connectivity index (χ0n) is 25.5. The topological polar surface area (TPSA) is 194 Å². The summed E-state index contributed by atoms with van der Waals surface area (Å²) < 4.78 is 11.0. The van der Waals surface area contributed by atoms with E-state index in [2.05, 4.69) is 0 Å². The second kappa shape index (κ2) is 14.7. The van der Waals surface area contributed by atoms with Gasteiger partial charge in [-0.3, -0.25) is 0 Å². The van der Waals surface area contributed by atoms with Crippen LogP contribution in [0.1, 0.15) is 59.3 Å². The number of aliphatic carboxylic acids is 2. The molecule has 12 heteroatoms. The van der Waals surface area contributed by atoms with Crippen molar-refractivity contribution in [1.82, 2.24) is 0 Å². The number of benzene rings is 2. The van der Waals surface area contributed by atoms with Gasteiger partial charge in [0.1, 0.15) is 24.1 Å². The first-order valence-corrected chi connectivity index (χ1v) is 13.4. The molecule has 1 unspecified atom stereocenters. The van der Waals surface area contributed by atoms with Gasteiger partial charge in [0.05, 0.1) is 33.3 Å². The molecule has 234 valence electrons. The number of phenolic OH excluding ortho intramolecular Hbond substituents is 3. The number of carboxylic acids is 2. The molecule has 1 heterocycles. The van der Waals surface area contributed by atoms with Gasteiger partial charge in [0.2, 0.25) is 5.60 Å². The van der Waals surface area contributed by atoms with Crippen LogP contribution in [0.3, 0.4) is 0 Å². The maximum atomic E-state index is 11.3. The normalized spacial score (nSPS) is 16.3. The lowest BCUT2D eigenvalue weighted by Gasteiger charge is -2.34. The van der Waals surface area contributed by atoms with E-state index in [0.717, 1.165) is 28.3 Å². The predicted octanol–water partition coefficient (Wildman–Crippen LogP) is 1.95. The van der Waals surface area contributed by atoms with Crippen molar-refractivity contribution in [3.05, 3.63) is 46.0 Å². The van der Waals surface area contributed by atoms with E-state index in [1.165, 1.54) is 12.1 Å². The fourth-order valence-electron chi connectivity index (χ4n) is 4.15. The third-order valence-electron chi connectivity index (χ3n) is 6.62. The Morgan fingerprint density at radius 2 is 1.64 bits per heavy atom. The first-order valence-electron chi connectivity index (χ1n) is 13.4. The Labute approximate surface area is 246 Å². The molecule has 0 aromatic heterocycles. The number of aromatic hydroxyl groups is 3. The second-order valence-corrected chi connectivity index (χ2v) is 11.3. The van der Waals surface area contributed by atoms with Gasteiger partial charge in [0.25, 0.3) is 0 Å². The number of aliphatic hydroxyl groups is 1. The van der Waals surface area contributed by atoms with Crippen LogP contribution in [0.2, 0.25) is 0 Å². The number of hydrogen-bond acceptors (Lipinski definition) is 10. The third kappa shape index (κ3) is 10.1. The number of phenols is 3. The number of hydrogen-bond donors (Lipinski definition) is 5. The molecular weight excluding hydrogens is 550 g/mol. The summed E-state index contributed by atoms with van der Waals surface area (Å²) in [6.07, 6.45) is -0.0632. The van der Waals surface area contributed by atoms with Crippen molar-refractivity contribution >= 4 is 17.9 Å². The van der Waals surface area contributed by atoms with Crippen LogP contribution in [0.25, 0.3) is 0 Å². The Morgan fingerprint density at radius 1 is 1.05 bits per heavy atom. The quantitative estimate of drug-likeness (QED) is 0.179. The van der Waals surface area contributed by atoms with E-state index in [1.54, 1.807) is 13.8 Å². The highest BCUT2D eigenvalue weighted by Gasteiger charge is 2.40. The minimum Gasteiger partial charge on any atom is -0.550 e. The standard InChI is InChI=1S/C14H18O4.C9H10O4.C7H15NO3/c1-7-8(2)12-10(9(3)11(7)15)5-6-14(4,18-12)13(16)17;1-2-13-9(12)6-3-4-7(10)8(11)5-6;1-8(2,3)5-6(9)4-7(10)11/h15H,5-6H2,1-4H3,(H,16,17);3-5,10-11H,2H2,1H3;6,9H,4-5H2,1-3H3/t;;6-/m..1/s1. The van der Waals surface area contributed by atoms with E-state index < -0.39 is 29.6 Å². The molecule has 42 heavy (non-hydrogen) atoms. The van der Waals surface area contributed by atoms with Gasteiger partial charge in [-0.15, -0.1) is 0 Å². The number of ether oxygens (including phenoxy) is 2. The molecule has 3 rings (SSSR count). The Bertz CT molecular complexity index is 1280. The largest absolute Gasteiger partial charge is 0.550 e. The van der Waals surface area contributed by atoms with Crippen LogP contribution in [0.5, 0.6) is 23.0 Å². The number of rotatable bonds is 7. The molecule has 0 bridgehead atoms. The van der Waals surface area contributed by atoms with Gasteiger partial charge >= 0.3 is 11.9 Å². The van der Waals surface area contributed by atoms with Crippen molar-refractivity contribution in [3.8, 4) is 23.0 Å². The van der Waals surface area contributed by atoms with Crippen molar-refractivity contribution in [3.63, 3.8) is 0 Å². The molecule has 0 radical (unpaired) electrons. The lowest BCUT2D eigenvalue weighted by molar-refractivity contribution is -0.873. The lowest BCUT2D eigenvalue weighted by atomic mass is 9.87. The number of nitrogens with zero attached hydrogens (tertiary/aromatic N) is 1. The molecule has 1 aliphatic heterocycles. The molecule has 0 fully saturated rings. The highest BCUT2D eigenvalue weighted by molar-refractivity contribution is 5.90. The van der Waals surface area contributed by atoms with Crippen LogP contribution in [0, 0.1) is 20.8 Å². The van der Waals surface area contributed by atoms with E-state index in [0.29, 0.717) is 29.6 Å². The van der Waals surface area contributed by atoms with E-state index in [-0.39, 0.29) is 35.8 Å². The summed E-state index contributed by atoms with van der Waals surface area (Å²) in [5, 5.41) is 56.4. The maximum Gasteiger partial charge on any atom is 0.347 e. The molecule has 0 spiro atoms. The average molecular weight is 594 g/mol. The average Bonchev–Trinajstić information content (AvgIpc) is 2.87. The first-order chi connectivity index (χ1) is 19.2. The molecule has 2 aromatic carbocycles. The number of carbonyl (C=O) groups is 3. The van der Waals surface area contributed by atoms with Crippen LogP contribution in [0.4, 0.5) is 0 Å². The SMILES string of the molecule is CCOC(=O)c1ccc(O)c(O)c1.C[N+](C)(C)C[C@H](O)CC(=O)[O-].Cc1c(C)c2c(c(C)c1O)CCC(C)(C(=O)O)O2. The molecule has 0 saturated heterocycles. The lowest BCUT2D eigenvalue weighted by Crippen LogP contribution is -2.44. The van der Waals surface area contributed by atoms with Crippen LogP contribution in [0.15, 0.2) is 18.2 Å². The zero-order chi connectivity index (χ0) is 32.6. The van der Waals surface area contributed by atoms with Gasteiger partial charge in [-0.1, -0.05) is 0 Å². The van der Waals surface area contributed by atoms with Crippen molar-refractivity contribution in [2.24, 2.45) is 0 Å². The maximum absolute atomic E-state index is 11.3. The van der Waals surface area contributed by atoms with E-state index in [9.17, 15) is 29.7 Å². The van der Waals surface area contributed by atoms with Gasteiger partial charge in [0.15, 0.2) is 11.5 Å². The number of fused-ring (bicyclic) bond motifs is 1. The van der Waals surface area contributed by atoms with Crippen LogP contribution >= 0.6 is 0 Å². The van der Waals surface area contributed by atoms with Crippen LogP contribution in [-0.4, -0.2) is 93.9 Å². The summed E-state index contributed by atoms with van der Waals surface area (Å²) in [6, 6.07) is 3.78. The summed E-state index contributed by atoms with van der Waals surface area (Å²) in [7, 11) is 5.66. The van der Waals surface area contributed by atoms with Crippen molar-refractivity contribution in [2.75, 3.05) is 34.3 Å². The number of likely N-dealkylation sites (N-methyl/N-ethyl adjacent to an activating group) is 1. The van der Waals surface area contributed by atoms with Gasteiger partial charge in [-0.2, -0.15) is 0 Å². The molecule has 0 amide bonds. The monoisotopic (exact) mass is 593 g/mol. The molecule has 2 atom stereocenters. The number of carboxylic acid groups (broad SMARTS) is 2. The van der Waals surface area contributed by atoms with Crippen LogP contribution in [-0.2, 0) is 20.7 Å². The molecule has 12 nitrogen and oxygen atoms in total. The summed E-state index contributed by atoms with van der Waals surface area (Å²) in [4.78, 5) is 32.4. The van der Waals surface area contributed by atoms with Crippen molar-refractivity contribution in [1.29, 1.82) is 0 Å². The van der Waals surface area contributed by atoms with Gasteiger partial charge in [-0.25, -0.2) is 9.59 Å². The van der Waals surface area contributed by atoms with Gasteiger partial charge in [0, 0.05) is 24.4 Å². The number of aliphatic hydroxyl groups excluding tert-OH is 1. The van der Waals surface area contributed by atoms with Gasteiger partial charge in [-0.05, 0) is 75.9 Å². The fourth-order valence-corrected chi connectivity index (χ4v) is 4.15. The highest BCUT2D eigenvalue weighted by atomic mass is 16.5. The van der Waals surface area contributed by atoms with Crippen LogP contribution < -0.4 is 9.84 Å². The molecule has 0 saturated carbocycles. The molecular formula is C30H43NO11. The molecule has 1 aliphatic rings. The Kier molecular flexibility index (Phi) is 12.6. The van der Waals surface area contributed by atoms with E-state index in [1.807, 2.05) is 41.9 Å².